The van der Waals surface area contributed by atoms with Crippen LogP contribution in [0.3, 0.4) is 0 Å². The van der Waals surface area contributed by atoms with Crippen molar-refractivity contribution in [2.75, 3.05) is 26.7 Å². The minimum atomic E-state index is -0.782. The lowest BCUT2D eigenvalue weighted by molar-refractivity contribution is -0.149. The van der Waals surface area contributed by atoms with Gasteiger partial charge in [0.25, 0.3) is 0 Å². The number of carboxylic acids is 1. The zero-order valence-electron chi connectivity index (χ0n) is 11.3. The Morgan fingerprint density at radius 2 is 2.05 bits per heavy atom. The number of hydrogen-bond donors (Lipinski definition) is 1. The molecule has 108 valence electrons. The smallest absolute Gasteiger partial charge is 0.309 e. The van der Waals surface area contributed by atoms with Crippen LogP contribution in [0.2, 0.25) is 0 Å². The first-order chi connectivity index (χ1) is 9.47. The number of likely N-dealkylation sites (tertiary alicyclic amines) is 1. The number of carboxylic acid groups (broad SMARTS) is 1. The van der Waals surface area contributed by atoms with E-state index in [1.54, 1.807) is 11.9 Å². The van der Waals surface area contributed by atoms with Crippen molar-refractivity contribution in [2.24, 2.45) is 5.92 Å². The van der Waals surface area contributed by atoms with E-state index in [0.29, 0.717) is 19.6 Å². The van der Waals surface area contributed by atoms with Crippen LogP contribution >= 0.6 is 15.9 Å². The molecule has 1 fully saturated rings. The third-order valence-corrected chi connectivity index (χ3v) is 4.23. The Balaban J connectivity index is 1.81. The molecule has 0 aromatic heterocycles. The van der Waals surface area contributed by atoms with Gasteiger partial charge in [0.15, 0.2) is 0 Å². The van der Waals surface area contributed by atoms with Crippen molar-refractivity contribution in [3.8, 4) is 0 Å². The van der Waals surface area contributed by atoms with Crippen LogP contribution in [0.1, 0.15) is 5.56 Å². The van der Waals surface area contributed by atoms with Crippen LogP contribution in [0.4, 0.5) is 0 Å². The molecule has 0 unspecified atom stereocenters. The van der Waals surface area contributed by atoms with Gasteiger partial charge in [-0.2, -0.15) is 0 Å². The van der Waals surface area contributed by atoms with Crippen LogP contribution in [0, 0.1) is 5.92 Å². The van der Waals surface area contributed by atoms with Crippen molar-refractivity contribution < 1.29 is 14.7 Å². The van der Waals surface area contributed by atoms with E-state index in [4.69, 9.17) is 5.11 Å². The van der Waals surface area contributed by atoms with E-state index in [-0.39, 0.29) is 18.4 Å². The number of hydrogen-bond acceptors (Lipinski definition) is 3. The van der Waals surface area contributed by atoms with Crippen molar-refractivity contribution in [1.82, 2.24) is 9.80 Å². The van der Waals surface area contributed by atoms with Gasteiger partial charge in [-0.25, -0.2) is 0 Å². The molecule has 5 nitrogen and oxygen atoms in total. The van der Waals surface area contributed by atoms with Gasteiger partial charge in [-0.05, 0) is 11.6 Å². The Hall–Kier alpha value is -1.40. The highest BCUT2D eigenvalue weighted by molar-refractivity contribution is 9.10. The molecule has 1 aromatic carbocycles. The van der Waals surface area contributed by atoms with Gasteiger partial charge in [-0.3, -0.25) is 14.5 Å². The molecule has 0 bridgehead atoms. The van der Waals surface area contributed by atoms with Gasteiger partial charge in [-0.1, -0.05) is 34.1 Å². The SMILES string of the molecule is CN(Cc1ccccc1Br)C(=O)CN1CC(C(=O)O)C1. The van der Waals surface area contributed by atoms with Gasteiger partial charge >= 0.3 is 5.97 Å². The van der Waals surface area contributed by atoms with Crippen molar-refractivity contribution in [3.05, 3.63) is 34.3 Å². The number of nitrogens with zero attached hydrogens (tertiary/aromatic N) is 2. The lowest BCUT2D eigenvalue weighted by atomic mass is 10.0. The van der Waals surface area contributed by atoms with Gasteiger partial charge in [0.1, 0.15) is 0 Å². The highest BCUT2D eigenvalue weighted by Gasteiger charge is 2.33. The number of amides is 1. The second-order valence-electron chi connectivity index (χ2n) is 5.07. The maximum atomic E-state index is 12.1. The summed E-state index contributed by atoms with van der Waals surface area (Å²) in [5.41, 5.74) is 1.05. The van der Waals surface area contributed by atoms with Crippen LogP contribution in [0.25, 0.3) is 0 Å². The predicted molar refractivity (Wildman–Crippen MR) is 78.2 cm³/mol. The van der Waals surface area contributed by atoms with Crippen LogP contribution < -0.4 is 0 Å². The first-order valence-corrected chi connectivity index (χ1v) is 7.19. The molecule has 0 atom stereocenters. The molecule has 1 N–H and O–H groups in total. The van der Waals surface area contributed by atoms with E-state index >= 15 is 0 Å². The molecule has 0 saturated carbocycles. The molecule has 1 aromatic rings. The first-order valence-electron chi connectivity index (χ1n) is 6.40. The fourth-order valence-electron chi connectivity index (χ4n) is 2.14. The Bertz CT molecular complexity index is 515. The van der Waals surface area contributed by atoms with Crippen LogP contribution in [0.5, 0.6) is 0 Å². The lowest BCUT2D eigenvalue weighted by Crippen LogP contribution is -2.53. The Labute approximate surface area is 126 Å². The Morgan fingerprint density at radius 1 is 1.40 bits per heavy atom. The summed E-state index contributed by atoms with van der Waals surface area (Å²) in [5.74, 6) is -1.10. The molecule has 1 aliphatic heterocycles. The van der Waals surface area contributed by atoms with E-state index in [1.165, 1.54) is 0 Å². The van der Waals surface area contributed by atoms with E-state index < -0.39 is 5.97 Å². The summed E-state index contributed by atoms with van der Waals surface area (Å²) in [5, 5.41) is 8.79. The number of halogens is 1. The van der Waals surface area contributed by atoms with Crippen LogP contribution in [-0.2, 0) is 16.1 Å². The van der Waals surface area contributed by atoms with Gasteiger partial charge in [-0.15, -0.1) is 0 Å². The van der Waals surface area contributed by atoms with Crippen molar-refractivity contribution in [1.29, 1.82) is 0 Å². The summed E-state index contributed by atoms with van der Waals surface area (Å²) in [6.07, 6.45) is 0. The monoisotopic (exact) mass is 340 g/mol. The zero-order valence-corrected chi connectivity index (χ0v) is 12.8. The van der Waals surface area contributed by atoms with E-state index in [9.17, 15) is 9.59 Å². The minimum Gasteiger partial charge on any atom is -0.481 e. The highest BCUT2D eigenvalue weighted by atomic mass is 79.9. The standard InChI is InChI=1S/C14H17BrN2O3/c1-16(6-10-4-2-3-5-12(10)15)13(18)9-17-7-11(8-17)14(19)20/h2-5,11H,6-9H2,1H3,(H,19,20). The maximum absolute atomic E-state index is 12.1. The fraction of sp³-hybridized carbons (Fsp3) is 0.429. The molecule has 1 amide bonds. The third kappa shape index (κ3) is 3.58. The molecule has 2 rings (SSSR count). The normalized spacial score (nSPS) is 15.7. The van der Waals surface area contributed by atoms with Gasteiger partial charge in [0.2, 0.25) is 5.91 Å². The van der Waals surface area contributed by atoms with Crippen molar-refractivity contribution in [2.45, 2.75) is 6.54 Å². The quantitative estimate of drug-likeness (QED) is 0.880. The van der Waals surface area contributed by atoms with Crippen LogP contribution in [0.15, 0.2) is 28.7 Å². The molecule has 0 aliphatic carbocycles. The van der Waals surface area contributed by atoms with Gasteiger partial charge in [0, 0.05) is 31.2 Å². The maximum Gasteiger partial charge on any atom is 0.309 e. The average molecular weight is 341 g/mol. The summed E-state index contributed by atoms with van der Waals surface area (Å²) in [4.78, 5) is 26.3. The molecule has 20 heavy (non-hydrogen) atoms. The average Bonchev–Trinajstić information content (AvgIpc) is 2.35. The summed E-state index contributed by atoms with van der Waals surface area (Å²) in [6, 6.07) is 7.78. The highest BCUT2D eigenvalue weighted by Crippen LogP contribution is 2.18. The second kappa shape index (κ2) is 6.37. The second-order valence-corrected chi connectivity index (χ2v) is 5.92. The van der Waals surface area contributed by atoms with Crippen LogP contribution in [-0.4, -0.2) is 53.5 Å². The van der Waals surface area contributed by atoms with E-state index in [1.807, 2.05) is 29.2 Å². The molecule has 1 heterocycles. The third-order valence-electron chi connectivity index (χ3n) is 3.46. The largest absolute Gasteiger partial charge is 0.481 e. The molecular formula is C14H17BrN2O3. The first kappa shape index (κ1) is 15.0. The number of aliphatic carboxylic acids is 1. The lowest BCUT2D eigenvalue weighted by Gasteiger charge is -2.36. The number of carbonyl (C=O) groups excluding carboxylic acids is 1. The molecule has 0 spiro atoms. The number of benzene rings is 1. The predicted octanol–water partition coefficient (Wildman–Crippen LogP) is 1.42. The number of rotatable bonds is 5. The van der Waals surface area contributed by atoms with E-state index in [2.05, 4.69) is 15.9 Å². The molecule has 1 saturated heterocycles. The summed E-state index contributed by atoms with van der Waals surface area (Å²) >= 11 is 3.46. The molecule has 1 aliphatic rings. The Morgan fingerprint density at radius 3 is 2.65 bits per heavy atom. The Kier molecular flexibility index (Phi) is 4.77. The number of carbonyl (C=O) groups is 2. The topological polar surface area (TPSA) is 60.9 Å². The number of likely N-dealkylation sites (N-methyl/N-ethyl adjacent to an activating group) is 1. The fourth-order valence-corrected chi connectivity index (χ4v) is 2.55. The summed E-state index contributed by atoms with van der Waals surface area (Å²) in [7, 11) is 1.76. The minimum absolute atomic E-state index is 0.00425. The molecule has 6 heteroatoms. The zero-order chi connectivity index (χ0) is 14.7. The van der Waals surface area contributed by atoms with Crippen molar-refractivity contribution in [3.63, 3.8) is 0 Å². The van der Waals surface area contributed by atoms with Crippen molar-refractivity contribution >= 4 is 27.8 Å². The summed E-state index contributed by atoms with van der Waals surface area (Å²) < 4.78 is 0.981. The van der Waals surface area contributed by atoms with Gasteiger partial charge in [0.05, 0.1) is 12.5 Å². The summed E-state index contributed by atoms with van der Waals surface area (Å²) in [6.45, 7) is 1.75. The van der Waals surface area contributed by atoms with Gasteiger partial charge < -0.3 is 10.0 Å². The van der Waals surface area contributed by atoms with E-state index in [0.717, 1.165) is 10.0 Å². The molecule has 0 radical (unpaired) electrons. The molecular weight excluding hydrogens is 324 g/mol.